The van der Waals surface area contributed by atoms with Crippen molar-refractivity contribution < 1.29 is 4.74 Å². The monoisotopic (exact) mass is 274 g/mol. The predicted molar refractivity (Wildman–Crippen MR) is 82.8 cm³/mol. The Balaban J connectivity index is 1.32. The second kappa shape index (κ2) is 6.15. The summed E-state index contributed by atoms with van der Waals surface area (Å²) < 4.78 is 5.65. The lowest BCUT2D eigenvalue weighted by Gasteiger charge is -2.17. The van der Waals surface area contributed by atoms with Crippen molar-refractivity contribution >= 4 is 5.69 Å². The van der Waals surface area contributed by atoms with Crippen LogP contribution in [0.4, 0.5) is 5.69 Å². The van der Waals surface area contributed by atoms with E-state index in [-0.39, 0.29) is 0 Å². The first-order valence-electron chi connectivity index (χ1n) is 7.93. The van der Waals surface area contributed by atoms with E-state index in [2.05, 4.69) is 17.4 Å². The molecule has 110 valence electrons. The largest absolute Gasteiger partial charge is 0.399 e. The fourth-order valence-corrected chi connectivity index (χ4v) is 2.72. The van der Waals surface area contributed by atoms with Crippen LogP contribution in [-0.4, -0.2) is 26.3 Å². The van der Waals surface area contributed by atoms with Crippen molar-refractivity contribution in [3.8, 4) is 0 Å². The van der Waals surface area contributed by atoms with E-state index in [1.54, 1.807) is 0 Å². The molecule has 3 N–H and O–H groups in total. The molecule has 2 aliphatic rings. The van der Waals surface area contributed by atoms with E-state index in [4.69, 9.17) is 10.5 Å². The van der Waals surface area contributed by atoms with Crippen molar-refractivity contribution in [1.29, 1.82) is 0 Å². The van der Waals surface area contributed by atoms with Crippen molar-refractivity contribution in [2.45, 2.75) is 37.5 Å². The lowest BCUT2D eigenvalue weighted by atomic mass is 9.95. The maximum Gasteiger partial charge on any atom is 0.0494 e. The number of anilines is 1. The lowest BCUT2D eigenvalue weighted by Crippen LogP contribution is -2.28. The van der Waals surface area contributed by atoms with E-state index in [0.29, 0.717) is 5.41 Å². The van der Waals surface area contributed by atoms with Gasteiger partial charge < -0.3 is 15.8 Å². The lowest BCUT2D eigenvalue weighted by molar-refractivity contribution is 0.122. The van der Waals surface area contributed by atoms with E-state index in [1.807, 2.05) is 12.1 Å². The molecule has 3 rings (SSSR count). The third-order valence-electron chi connectivity index (χ3n) is 4.53. The Morgan fingerprint density at radius 2 is 1.95 bits per heavy atom. The first-order valence-corrected chi connectivity index (χ1v) is 7.93. The summed E-state index contributed by atoms with van der Waals surface area (Å²) in [6.45, 7) is 4.02. The minimum absolute atomic E-state index is 0.378. The Morgan fingerprint density at radius 1 is 1.20 bits per heavy atom. The van der Waals surface area contributed by atoms with E-state index in [9.17, 15) is 0 Å². The van der Waals surface area contributed by atoms with Gasteiger partial charge in [0.2, 0.25) is 0 Å². The molecule has 2 aliphatic carbocycles. The quantitative estimate of drug-likeness (QED) is 0.537. The summed E-state index contributed by atoms with van der Waals surface area (Å²) in [6, 6.07) is 8.40. The number of nitrogens with one attached hydrogen (secondary N) is 1. The van der Waals surface area contributed by atoms with Gasteiger partial charge >= 0.3 is 0 Å². The smallest absolute Gasteiger partial charge is 0.0494 e. The summed E-state index contributed by atoms with van der Waals surface area (Å²) in [5.74, 6) is 0.878. The van der Waals surface area contributed by atoms with Crippen LogP contribution >= 0.6 is 0 Å². The molecule has 3 nitrogen and oxygen atoms in total. The number of nitrogens with two attached hydrogens (primary N) is 1. The molecular formula is C17H26N2O. The molecule has 1 aromatic carbocycles. The highest BCUT2D eigenvalue weighted by Crippen LogP contribution is 2.47. The number of hydrogen-bond acceptors (Lipinski definition) is 3. The number of nitrogen functional groups attached to an aromatic ring is 1. The highest BCUT2D eigenvalue weighted by molar-refractivity contribution is 5.43. The summed E-state index contributed by atoms with van der Waals surface area (Å²) in [5.41, 5.74) is 8.42. The predicted octanol–water partition coefficient (Wildman–Crippen LogP) is 2.71. The molecule has 0 bridgehead atoms. The minimum Gasteiger partial charge on any atom is -0.399 e. The average molecular weight is 274 g/mol. The molecule has 0 spiro atoms. The fourth-order valence-electron chi connectivity index (χ4n) is 2.72. The maximum atomic E-state index is 5.75. The van der Waals surface area contributed by atoms with Crippen LogP contribution in [0.3, 0.4) is 0 Å². The highest BCUT2D eigenvalue weighted by atomic mass is 16.5. The van der Waals surface area contributed by atoms with Gasteiger partial charge in [-0.25, -0.2) is 0 Å². The molecule has 1 aromatic rings. The van der Waals surface area contributed by atoms with E-state index in [0.717, 1.165) is 44.3 Å². The molecule has 0 aromatic heterocycles. The highest BCUT2D eigenvalue weighted by Gasteiger charge is 2.43. The van der Waals surface area contributed by atoms with Gasteiger partial charge in [-0.3, -0.25) is 0 Å². The molecule has 2 fully saturated rings. The van der Waals surface area contributed by atoms with Gasteiger partial charge in [-0.15, -0.1) is 0 Å². The van der Waals surface area contributed by atoms with Crippen LogP contribution in [0, 0.1) is 5.92 Å². The van der Waals surface area contributed by atoms with Gasteiger partial charge in [-0.1, -0.05) is 12.1 Å². The van der Waals surface area contributed by atoms with Gasteiger partial charge in [0.15, 0.2) is 0 Å². The van der Waals surface area contributed by atoms with Gasteiger partial charge in [0.25, 0.3) is 0 Å². The Kier molecular flexibility index (Phi) is 4.27. The Bertz CT molecular complexity index is 421. The summed E-state index contributed by atoms with van der Waals surface area (Å²) in [5, 5.41) is 3.59. The average Bonchev–Trinajstić information content (AvgIpc) is 3.34. The first-order chi connectivity index (χ1) is 9.78. The second-order valence-corrected chi connectivity index (χ2v) is 6.45. The van der Waals surface area contributed by atoms with Crippen molar-refractivity contribution in [2.75, 3.05) is 32.0 Å². The molecule has 3 heteroatoms. The number of hydrogen-bond donors (Lipinski definition) is 2. The number of ether oxygens (including phenoxy) is 1. The van der Waals surface area contributed by atoms with Crippen LogP contribution in [-0.2, 0) is 10.2 Å². The third-order valence-corrected chi connectivity index (χ3v) is 4.53. The van der Waals surface area contributed by atoms with E-state index >= 15 is 0 Å². The Morgan fingerprint density at radius 3 is 2.60 bits per heavy atom. The fraction of sp³-hybridized carbons (Fsp3) is 0.647. The molecule has 0 unspecified atom stereocenters. The molecular weight excluding hydrogens is 248 g/mol. The van der Waals surface area contributed by atoms with Crippen LogP contribution in [0.1, 0.15) is 37.7 Å². The van der Waals surface area contributed by atoms with Crippen molar-refractivity contribution in [3.63, 3.8) is 0 Å². The summed E-state index contributed by atoms with van der Waals surface area (Å²) in [7, 11) is 0. The molecule has 20 heavy (non-hydrogen) atoms. The van der Waals surface area contributed by atoms with Crippen molar-refractivity contribution in [3.05, 3.63) is 29.8 Å². The summed E-state index contributed by atoms with van der Waals surface area (Å²) in [6.07, 6.45) is 6.46. The SMILES string of the molecule is Nc1ccc(C2(CNCCCOCC3CC3)CC2)cc1. The molecule has 0 aliphatic heterocycles. The van der Waals surface area contributed by atoms with Gasteiger partial charge in [-0.2, -0.15) is 0 Å². The third kappa shape index (κ3) is 3.74. The summed E-state index contributed by atoms with van der Waals surface area (Å²) >= 11 is 0. The van der Waals surface area contributed by atoms with Crippen LogP contribution in [0.15, 0.2) is 24.3 Å². The molecule has 0 amide bonds. The normalized spacial score (nSPS) is 20.0. The van der Waals surface area contributed by atoms with Crippen LogP contribution < -0.4 is 11.1 Å². The minimum atomic E-state index is 0.378. The van der Waals surface area contributed by atoms with Gasteiger partial charge in [0, 0.05) is 30.9 Å². The van der Waals surface area contributed by atoms with Gasteiger partial charge in [-0.05, 0) is 62.3 Å². The van der Waals surface area contributed by atoms with Gasteiger partial charge in [0.1, 0.15) is 0 Å². The van der Waals surface area contributed by atoms with Crippen LogP contribution in [0.2, 0.25) is 0 Å². The molecule has 0 radical (unpaired) electrons. The molecule has 0 atom stereocenters. The second-order valence-electron chi connectivity index (χ2n) is 6.45. The Hall–Kier alpha value is -1.06. The number of rotatable bonds is 9. The zero-order chi connectivity index (χ0) is 13.8. The molecule has 0 saturated heterocycles. The van der Waals surface area contributed by atoms with Crippen molar-refractivity contribution in [1.82, 2.24) is 5.32 Å². The zero-order valence-corrected chi connectivity index (χ0v) is 12.2. The van der Waals surface area contributed by atoms with Crippen LogP contribution in [0.5, 0.6) is 0 Å². The summed E-state index contributed by atoms with van der Waals surface area (Å²) in [4.78, 5) is 0. The van der Waals surface area contributed by atoms with E-state index < -0.39 is 0 Å². The van der Waals surface area contributed by atoms with Crippen LogP contribution in [0.25, 0.3) is 0 Å². The van der Waals surface area contributed by atoms with Crippen molar-refractivity contribution in [2.24, 2.45) is 5.92 Å². The number of benzene rings is 1. The Labute approximate surface area is 121 Å². The standard InChI is InChI=1S/C17H26N2O/c18-16-6-4-15(5-7-16)17(8-9-17)13-19-10-1-11-20-12-14-2-3-14/h4-7,14,19H,1-3,8-13,18H2. The first kappa shape index (κ1) is 13.9. The topological polar surface area (TPSA) is 47.3 Å². The van der Waals surface area contributed by atoms with Gasteiger partial charge in [0.05, 0.1) is 0 Å². The zero-order valence-electron chi connectivity index (χ0n) is 12.2. The molecule has 0 heterocycles. The molecule has 2 saturated carbocycles. The van der Waals surface area contributed by atoms with E-state index in [1.165, 1.54) is 31.2 Å². The maximum absolute atomic E-state index is 5.75.